The molecule has 2 aliphatic carbocycles. The van der Waals surface area contributed by atoms with Gasteiger partial charge in [-0.3, -0.25) is 0 Å². The molecule has 49 heavy (non-hydrogen) atoms. The maximum Gasteiger partial charge on any atom is 0.144 e. The first-order valence-corrected chi connectivity index (χ1v) is 18.9. The van der Waals surface area contributed by atoms with Crippen LogP contribution in [-0.4, -0.2) is 25.9 Å². The molecular formula is C45H56N2O2. The van der Waals surface area contributed by atoms with E-state index in [1.165, 1.54) is 90.8 Å². The van der Waals surface area contributed by atoms with Crippen LogP contribution in [-0.2, 0) is 15.1 Å². The fraction of sp³-hybridized carbons (Fsp3) is 0.467. The van der Waals surface area contributed by atoms with Crippen molar-refractivity contribution in [2.75, 3.05) is 19.0 Å². The van der Waals surface area contributed by atoms with E-state index in [9.17, 15) is 0 Å². The molecule has 1 aliphatic heterocycles. The quantitative estimate of drug-likeness (QED) is 0.208. The van der Waals surface area contributed by atoms with E-state index in [-0.39, 0.29) is 12.2 Å². The van der Waals surface area contributed by atoms with E-state index in [1.54, 1.807) is 0 Å². The van der Waals surface area contributed by atoms with Crippen LogP contribution in [0.15, 0.2) is 90.8 Å². The van der Waals surface area contributed by atoms with Gasteiger partial charge in [-0.1, -0.05) is 92.1 Å². The molecule has 1 saturated heterocycles. The molecule has 1 heterocycles. The molecule has 4 nitrogen and oxygen atoms in total. The fourth-order valence-electron chi connectivity index (χ4n) is 9.35. The van der Waals surface area contributed by atoms with Crippen LogP contribution in [0.2, 0.25) is 0 Å². The van der Waals surface area contributed by atoms with Crippen molar-refractivity contribution in [1.29, 1.82) is 0 Å². The standard InChI is InChI=1S/C45H56N2O2/c1-31-17-18-37-28-36(35-21-25-44(26-22-35)23-11-6-12-24-44)19-20-38(37)43(31)39-13-7-8-14-40(39)45(30-48-33(3)27-34(4)49-45)41-15-9-10-16-42(41)47-29-32(2)46-5/h7-10,13-20,28-29,33-35,46-47H,6,11-12,21-27,30H2,1-5H3/b32-29-. The molecule has 1 spiro atoms. The van der Waals surface area contributed by atoms with Gasteiger partial charge >= 0.3 is 0 Å². The molecule has 4 aromatic carbocycles. The Kier molecular flexibility index (Phi) is 9.91. The lowest BCUT2D eigenvalue weighted by molar-refractivity contribution is -0.0779. The lowest BCUT2D eigenvalue weighted by atomic mass is 9.62. The Hall–Kier alpha value is -3.60. The number of para-hydroxylation sites is 1. The van der Waals surface area contributed by atoms with Gasteiger partial charge in [-0.2, -0.15) is 0 Å². The number of nitrogens with one attached hydrogen (secondary N) is 2. The number of allylic oxidation sites excluding steroid dienone is 1. The van der Waals surface area contributed by atoms with Crippen LogP contribution < -0.4 is 10.6 Å². The highest BCUT2D eigenvalue weighted by atomic mass is 16.6. The van der Waals surface area contributed by atoms with Gasteiger partial charge in [0.2, 0.25) is 0 Å². The van der Waals surface area contributed by atoms with E-state index in [2.05, 4.69) is 117 Å². The van der Waals surface area contributed by atoms with Crippen LogP contribution in [0.1, 0.15) is 113 Å². The predicted molar refractivity (Wildman–Crippen MR) is 205 cm³/mol. The molecule has 3 aliphatic rings. The number of anilines is 1. The minimum Gasteiger partial charge on any atom is -0.390 e. The minimum atomic E-state index is -0.822. The summed E-state index contributed by atoms with van der Waals surface area (Å²) in [7, 11) is 1.94. The second-order valence-corrected chi connectivity index (χ2v) is 15.5. The van der Waals surface area contributed by atoms with Crippen molar-refractivity contribution >= 4 is 16.5 Å². The van der Waals surface area contributed by atoms with Crippen LogP contribution in [0.5, 0.6) is 0 Å². The summed E-state index contributed by atoms with van der Waals surface area (Å²) < 4.78 is 13.9. The lowest BCUT2D eigenvalue weighted by Crippen LogP contribution is -2.38. The summed E-state index contributed by atoms with van der Waals surface area (Å²) in [6.45, 7) is 9.10. The van der Waals surface area contributed by atoms with Gasteiger partial charge in [-0.05, 0) is 129 Å². The maximum absolute atomic E-state index is 7.27. The van der Waals surface area contributed by atoms with Crippen LogP contribution >= 0.6 is 0 Å². The molecule has 4 heteroatoms. The van der Waals surface area contributed by atoms with E-state index in [1.807, 2.05) is 13.2 Å². The van der Waals surface area contributed by atoms with Gasteiger partial charge in [0.15, 0.2) is 0 Å². The summed E-state index contributed by atoms with van der Waals surface area (Å²) in [4.78, 5) is 0. The monoisotopic (exact) mass is 656 g/mol. The third-order valence-corrected chi connectivity index (χ3v) is 12.2. The van der Waals surface area contributed by atoms with Crippen LogP contribution in [0, 0.1) is 12.3 Å². The molecule has 0 radical (unpaired) electrons. The average Bonchev–Trinajstić information content (AvgIpc) is 3.28. The summed E-state index contributed by atoms with van der Waals surface area (Å²) in [5.74, 6) is 0.668. The first kappa shape index (κ1) is 33.9. The van der Waals surface area contributed by atoms with Gasteiger partial charge in [0.05, 0.1) is 18.8 Å². The molecule has 2 saturated carbocycles. The zero-order valence-electron chi connectivity index (χ0n) is 30.4. The SMILES string of the molecule is CN/C(C)=C\Nc1ccccc1C1(c2ccccc2-c2c(C)ccc3cc(C4CCC5(CCCCC5)CC4)ccc23)COC(C)CC(C)O1. The molecular weight excluding hydrogens is 601 g/mol. The third-order valence-electron chi connectivity index (χ3n) is 12.2. The summed E-state index contributed by atoms with van der Waals surface area (Å²) in [5, 5.41) is 9.47. The van der Waals surface area contributed by atoms with Crippen molar-refractivity contribution < 1.29 is 9.47 Å². The Labute approximate surface area is 294 Å². The maximum atomic E-state index is 7.27. The number of aryl methyl sites for hydroxylation is 1. The van der Waals surface area contributed by atoms with Crippen LogP contribution in [0.4, 0.5) is 5.69 Å². The molecule has 0 bridgehead atoms. The van der Waals surface area contributed by atoms with Crippen LogP contribution in [0.3, 0.4) is 0 Å². The number of ether oxygens (including phenoxy) is 2. The average molecular weight is 657 g/mol. The number of fused-ring (bicyclic) bond motifs is 1. The molecule has 2 N–H and O–H groups in total. The normalized spacial score (nSPS) is 24.9. The Bertz CT molecular complexity index is 1790. The topological polar surface area (TPSA) is 42.5 Å². The molecule has 0 amide bonds. The Balaban J connectivity index is 1.33. The summed E-state index contributed by atoms with van der Waals surface area (Å²) in [6, 6.07) is 29.5. The largest absolute Gasteiger partial charge is 0.390 e. The molecule has 7 rings (SSSR count). The number of benzene rings is 4. The molecule has 3 unspecified atom stereocenters. The molecule has 3 fully saturated rings. The Morgan fingerprint density at radius 1 is 0.816 bits per heavy atom. The summed E-state index contributed by atoms with van der Waals surface area (Å²) in [6.07, 6.45) is 15.7. The number of hydrogen-bond donors (Lipinski definition) is 2. The van der Waals surface area contributed by atoms with Crippen molar-refractivity contribution in [1.82, 2.24) is 5.32 Å². The van der Waals surface area contributed by atoms with E-state index in [0.29, 0.717) is 17.9 Å². The van der Waals surface area contributed by atoms with E-state index in [4.69, 9.17) is 9.47 Å². The van der Waals surface area contributed by atoms with E-state index < -0.39 is 5.60 Å². The molecule has 3 atom stereocenters. The molecule has 4 aromatic rings. The van der Waals surface area contributed by atoms with Crippen molar-refractivity contribution in [2.24, 2.45) is 5.41 Å². The predicted octanol–water partition coefficient (Wildman–Crippen LogP) is 11.4. The van der Waals surface area contributed by atoms with E-state index >= 15 is 0 Å². The highest BCUT2D eigenvalue weighted by Crippen LogP contribution is 2.52. The third kappa shape index (κ3) is 6.79. The second-order valence-electron chi connectivity index (χ2n) is 15.5. The van der Waals surface area contributed by atoms with Gasteiger partial charge < -0.3 is 20.1 Å². The first-order valence-electron chi connectivity index (χ1n) is 18.9. The minimum absolute atomic E-state index is 0.00705. The smallest absolute Gasteiger partial charge is 0.144 e. The zero-order chi connectivity index (χ0) is 34.0. The number of rotatable bonds is 7. The van der Waals surface area contributed by atoms with Gasteiger partial charge in [0.1, 0.15) is 5.60 Å². The van der Waals surface area contributed by atoms with Gasteiger partial charge in [0, 0.05) is 30.2 Å². The summed E-state index contributed by atoms with van der Waals surface area (Å²) in [5.41, 5.74) is 9.39. The first-order chi connectivity index (χ1) is 23.8. The van der Waals surface area contributed by atoms with E-state index in [0.717, 1.165) is 28.9 Å². The Morgan fingerprint density at radius 2 is 1.55 bits per heavy atom. The number of hydrogen-bond acceptors (Lipinski definition) is 4. The van der Waals surface area contributed by atoms with Gasteiger partial charge in [0.25, 0.3) is 0 Å². The Morgan fingerprint density at radius 3 is 2.33 bits per heavy atom. The fourth-order valence-corrected chi connectivity index (χ4v) is 9.35. The molecule has 258 valence electrons. The van der Waals surface area contributed by atoms with Crippen molar-refractivity contribution in [3.63, 3.8) is 0 Å². The van der Waals surface area contributed by atoms with Crippen LogP contribution in [0.25, 0.3) is 21.9 Å². The lowest BCUT2D eigenvalue weighted by Gasteiger charge is -2.43. The molecule has 0 aromatic heterocycles. The van der Waals surface area contributed by atoms with Crippen molar-refractivity contribution in [3.05, 3.63) is 113 Å². The summed E-state index contributed by atoms with van der Waals surface area (Å²) >= 11 is 0. The van der Waals surface area contributed by atoms with Crippen molar-refractivity contribution in [3.8, 4) is 11.1 Å². The second kappa shape index (κ2) is 14.3. The van der Waals surface area contributed by atoms with Gasteiger partial charge in [-0.25, -0.2) is 0 Å². The highest BCUT2D eigenvalue weighted by Gasteiger charge is 2.44. The van der Waals surface area contributed by atoms with Crippen molar-refractivity contribution in [2.45, 2.75) is 116 Å². The zero-order valence-corrected chi connectivity index (χ0v) is 30.4. The highest BCUT2D eigenvalue weighted by molar-refractivity contribution is 5.99. The van der Waals surface area contributed by atoms with Gasteiger partial charge in [-0.15, -0.1) is 0 Å².